The van der Waals surface area contributed by atoms with Gasteiger partial charge in [-0.25, -0.2) is 8.42 Å². The van der Waals surface area contributed by atoms with Crippen LogP contribution < -0.4 is 10.0 Å². The molecule has 1 heterocycles. The van der Waals surface area contributed by atoms with E-state index in [-0.39, 0.29) is 16.7 Å². The molecule has 7 nitrogen and oxygen atoms in total. The van der Waals surface area contributed by atoms with E-state index in [4.69, 9.17) is 0 Å². The van der Waals surface area contributed by atoms with Crippen LogP contribution in [-0.2, 0) is 14.8 Å². The first kappa shape index (κ1) is 23.8. The van der Waals surface area contributed by atoms with E-state index >= 15 is 0 Å². The summed E-state index contributed by atoms with van der Waals surface area (Å²) in [5.74, 6) is -0.0953. The molecule has 3 rings (SSSR count). The molecule has 32 heavy (non-hydrogen) atoms. The summed E-state index contributed by atoms with van der Waals surface area (Å²) in [7, 11) is -3.79. The molecule has 0 spiro atoms. The smallest absolute Gasteiger partial charge is 0.261 e. The van der Waals surface area contributed by atoms with Crippen LogP contribution in [0.15, 0.2) is 47.4 Å². The van der Waals surface area contributed by atoms with Gasteiger partial charge < -0.3 is 10.2 Å². The highest BCUT2D eigenvalue weighted by Gasteiger charge is 2.34. The molecular weight excluding hydrogens is 426 g/mol. The Kier molecular flexibility index (Phi) is 7.23. The summed E-state index contributed by atoms with van der Waals surface area (Å²) in [6, 6.07) is 10.8. The third-order valence-corrected chi connectivity index (χ3v) is 7.03. The van der Waals surface area contributed by atoms with Crippen LogP contribution in [0.1, 0.15) is 48.2 Å². The third-order valence-electron chi connectivity index (χ3n) is 5.65. The second-order valence-corrected chi connectivity index (χ2v) is 10.4. The predicted molar refractivity (Wildman–Crippen MR) is 125 cm³/mol. The van der Waals surface area contributed by atoms with Crippen molar-refractivity contribution in [2.75, 3.05) is 17.8 Å². The second kappa shape index (κ2) is 9.73. The van der Waals surface area contributed by atoms with Crippen molar-refractivity contribution in [3.05, 3.63) is 59.2 Å². The van der Waals surface area contributed by atoms with Crippen molar-refractivity contribution in [3.63, 3.8) is 0 Å². The van der Waals surface area contributed by atoms with E-state index in [1.165, 1.54) is 6.07 Å². The van der Waals surface area contributed by atoms with Gasteiger partial charge in [-0.15, -0.1) is 0 Å². The average Bonchev–Trinajstić information content (AvgIpc) is 3.23. The molecule has 0 aromatic heterocycles. The lowest BCUT2D eigenvalue weighted by Crippen LogP contribution is -2.46. The molecule has 1 aliphatic heterocycles. The average molecular weight is 458 g/mol. The Labute approximate surface area is 190 Å². The Morgan fingerprint density at radius 1 is 1.09 bits per heavy atom. The number of amides is 2. The van der Waals surface area contributed by atoms with E-state index in [9.17, 15) is 18.0 Å². The van der Waals surface area contributed by atoms with E-state index in [2.05, 4.69) is 10.0 Å². The molecule has 1 atom stereocenters. The van der Waals surface area contributed by atoms with Crippen molar-refractivity contribution in [3.8, 4) is 0 Å². The molecule has 2 aromatic rings. The standard InChI is InChI=1S/C24H31N3O4S/c1-16(2)15-25-23(28)22-9-6-12-27(22)24(29)19-7-5-8-20(14-19)26-32(30,31)21-11-10-17(3)18(4)13-21/h5,7-8,10-11,13-14,16,22,26H,6,9,12,15H2,1-4H3,(H,25,28)/t22-/m0/s1. The van der Waals surface area contributed by atoms with Crippen molar-refractivity contribution in [2.24, 2.45) is 5.92 Å². The number of carbonyl (C=O) groups is 2. The summed E-state index contributed by atoms with van der Waals surface area (Å²) >= 11 is 0. The van der Waals surface area contributed by atoms with Crippen LogP contribution in [0, 0.1) is 19.8 Å². The van der Waals surface area contributed by atoms with Crippen molar-refractivity contribution in [2.45, 2.75) is 51.5 Å². The molecule has 0 aliphatic carbocycles. The highest BCUT2D eigenvalue weighted by molar-refractivity contribution is 7.92. The fraction of sp³-hybridized carbons (Fsp3) is 0.417. The van der Waals surface area contributed by atoms with E-state index in [0.717, 1.165) is 17.5 Å². The Balaban J connectivity index is 1.77. The van der Waals surface area contributed by atoms with Gasteiger partial charge in [-0.05, 0) is 74.1 Å². The van der Waals surface area contributed by atoms with Gasteiger partial charge in [0.1, 0.15) is 6.04 Å². The van der Waals surface area contributed by atoms with Crippen LogP contribution in [0.2, 0.25) is 0 Å². The second-order valence-electron chi connectivity index (χ2n) is 8.73. The predicted octanol–water partition coefficient (Wildman–Crippen LogP) is 3.48. The summed E-state index contributed by atoms with van der Waals surface area (Å²) in [5.41, 5.74) is 2.53. The van der Waals surface area contributed by atoms with Gasteiger partial charge in [0.15, 0.2) is 0 Å². The number of hydrogen-bond acceptors (Lipinski definition) is 4. The lowest BCUT2D eigenvalue weighted by molar-refractivity contribution is -0.125. The number of carbonyl (C=O) groups excluding carboxylic acids is 2. The molecule has 2 N–H and O–H groups in total. The molecule has 8 heteroatoms. The van der Waals surface area contributed by atoms with E-state index < -0.39 is 16.1 Å². The zero-order valence-corrected chi connectivity index (χ0v) is 19.8. The van der Waals surface area contributed by atoms with Gasteiger partial charge in [-0.3, -0.25) is 14.3 Å². The molecule has 172 valence electrons. The highest BCUT2D eigenvalue weighted by atomic mass is 32.2. The molecule has 0 bridgehead atoms. The summed E-state index contributed by atoms with van der Waals surface area (Å²) in [6.07, 6.45) is 1.37. The molecular formula is C24H31N3O4S. The van der Waals surface area contributed by atoms with Gasteiger partial charge in [-0.1, -0.05) is 26.0 Å². The fourth-order valence-electron chi connectivity index (χ4n) is 3.68. The molecule has 2 amide bonds. The minimum absolute atomic E-state index is 0.142. The molecule has 1 saturated heterocycles. The zero-order chi connectivity index (χ0) is 23.5. The van der Waals surface area contributed by atoms with Crippen LogP contribution in [0.5, 0.6) is 0 Å². The van der Waals surface area contributed by atoms with Gasteiger partial charge in [0.05, 0.1) is 4.90 Å². The summed E-state index contributed by atoms with van der Waals surface area (Å²) < 4.78 is 28.2. The van der Waals surface area contributed by atoms with E-state index in [1.54, 1.807) is 41.3 Å². The van der Waals surface area contributed by atoms with Crippen molar-refractivity contribution in [1.82, 2.24) is 10.2 Å². The summed E-state index contributed by atoms with van der Waals surface area (Å²) in [5, 5.41) is 2.90. The molecule has 1 fully saturated rings. The van der Waals surface area contributed by atoms with Crippen molar-refractivity contribution in [1.29, 1.82) is 0 Å². The Morgan fingerprint density at radius 2 is 1.84 bits per heavy atom. The maximum absolute atomic E-state index is 13.1. The van der Waals surface area contributed by atoms with Gasteiger partial charge >= 0.3 is 0 Å². The van der Waals surface area contributed by atoms with E-state index in [0.29, 0.717) is 36.7 Å². The lowest BCUT2D eigenvalue weighted by atomic mass is 10.1. The first-order valence-electron chi connectivity index (χ1n) is 10.9. The quantitative estimate of drug-likeness (QED) is 0.665. The van der Waals surface area contributed by atoms with Gasteiger partial charge in [0, 0.05) is 24.3 Å². The minimum atomic E-state index is -3.79. The number of rotatable bonds is 7. The molecule has 0 saturated carbocycles. The maximum Gasteiger partial charge on any atom is 0.261 e. The van der Waals surface area contributed by atoms with Gasteiger partial charge in [-0.2, -0.15) is 0 Å². The zero-order valence-electron chi connectivity index (χ0n) is 19.0. The first-order valence-corrected chi connectivity index (χ1v) is 12.4. The van der Waals surface area contributed by atoms with E-state index in [1.807, 2.05) is 27.7 Å². The Bertz CT molecular complexity index is 1110. The molecule has 1 aliphatic rings. The number of hydrogen-bond donors (Lipinski definition) is 2. The van der Waals surface area contributed by atoms with Gasteiger partial charge in [0.25, 0.3) is 15.9 Å². The lowest BCUT2D eigenvalue weighted by Gasteiger charge is -2.24. The fourth-order valence-corrected chi connectivity index (χ4v) is 4.82. The Morgan fingerprint density at radius 3 is 2.53 bits per heavy atom. The normalized spacial score (nSPS) is 16.3. The SMILES string of the molecule is Cc1ccc(S(=O)(=O)Nc2cccc(C(=O)N3CCC[C@H]3C(=O)NCC(C)C)c2)cc1C. The van der Waals surface area contributed by atoms with Crippen molar-refractivity contribution < 1.29 is 18.0 Å². The Hall–Kier alpha value is -2.87. The minimum Gasteiger partial charge on any atom is -0.354 e. The van der Waals surface area contributed by atoms with Crippen LogP contribution in [0.4, 0.5) is 5.69 Å². The van der Waals surface area contributed by atoms with Crippen LogP contribution in [0.25, 0.3) is 0 Å². The maximum atomic E-state index is 13.1. The number of likely N-dealkylation sites (tertiary alicyclic amines) is 1. The summed E-state index contributed by atoms with van der Waals surface area (Å²) in [6.45, 7) is 8.87. The number of sulfonamides is 1. The number of nitrogens with zero attached hydrogens (tertiary/aromatic N) is 1. The highest BCUT2D eigenvalue weighted by Crippen LogP contribution is 2.23. The number of benzene rings is 2. The van der Waals surface area contributed by atoms with Crippen LogP contribution in [0.3, 0.4) is 0 Å². The monoisotopic (exact) mass is 457 g/mol. The van der Waals surface area contributed by atoms with Gasteiger partial charge in [0.2, 0.25) is 5.91 Å². The molecule has 0 unspecified atom stereocenters. The molecule has 0 radical (unpaired) electrons. The van der Waals surface area contributed by atoms with Crippen LogP contribution >= 0.6 is 0 Å². The largest absolute Gasteiger partial charge is 0.354 e. The topological polar surface area (TPSA) is 95.6 Å². The molecule has 2 aromatic carbocycles. The number of aryl methyl sites for hydroxylation is 2. The van der Waals surface area contributed by atoms with Crippen LogP contribution in [-0.4, -0.2) is 44.3 Å². The summed E-state index contributed by atoms with van der Waals surface area (Å²) in [4.78, 5) is 27.4. The third kappa shape index (κ3) is 5.48. The number of nitrogens with one attached hydrogen (secondary N) is 2. The first-order chi connectivity index (χ1) is 15.1. The van der Waals surface area contributed by atoms with Crippen molar-refractivity contribution >= 4 is 27.5 Å². The number of anilines is 1.